The van der Waals surface area contributed by atoms with Crippen LogP contribution in [0.2, 0.25) is 0 Å². The lowest BCUT2D eigenvalue weighted by Crippen LogP contribution is -2.31. The Morgan fingerprint density at radius 1 is 1.67 bits per heavy atom. The number of carbonyl (C=O) groups excluding carboxylic acids is 1. The molecular formula is C9H15N3O3. The van der Waals surface area contributed by atoms with Crippen LogP contribution in [0.15, 0.2) is 10.6 Å². The van der Waals surface area contributed by atoms with E-state index in [2.05, 4.69) is 10.5 Å². The van der Waals surface area contributed by atoms with Crippen LogP contribution in [-0.2, 0) is 6.61 Å². The van der Waals surface area contributed by atoms with Gasteiger partial charge in [0, 0.05) is 19.2 Å². The third-order valence-electron chi connectivity index (χ3n) is 1.79. The van der Waals surface area contributed by atoms with E-state index in [4.69, 9.17) is 9.63 Å². The van der Waals surface area contributed by atoms with Gasteiger partial charge >= 0.3 is 0 Å². The Morgan fingerprint density at radius 3 is 2.93 bits per heavy atom. The van der Waals surface area contributed by atoms with Gasteiger partial charge in [-0.25, -0.2) is 0 Å². The van der Waals surface area contributed by atoms with E-state index in [0.717, 1.165) is 6.54 Å². The second kappa shape index (κ2) is 5.47. The van der Waals surface area contributed by atoms with E-state index in [9.17, 15) is 4.79 Å². The highest BCUT2D eigenvalue weighted by molar-refractivity contribution is 5.92. The van der Waals surface area contributed by atoms with Gasteiger partial charge in [-0.3, -0.25) is 4.79 Å². The SMILES string of the molecule is CN(C)CCNC(=O)c1cc(CO)on1. The van der Waals surface area contributed by atoms with Crippen molar-refractivity contribution in [3.63, 3.8) is 0 Å². The molecule has 1 rings (SSSR count). The molecule has 0 bridgehead atoms. The molecule has 0 atom stereocenters. The lowest BCUT2D eigenvalue weighted by molar-refractivity contribution is 0.0941. The summed E-state index contributed by atoms with van der Waals surface area (Å²) in [5, 5.41) is 14.9. The van der Waals surface area contributed by atoms with Crippen LogP contribution in [0.4, 0.5) is 0 Å². The monoisotopic (exact) mass is 213 g/mol. The molecule has 0 aliphatic heterocycles. The van der Waals surface area contributed by atoms with Crippen molar-refractivity contribution < 1.29 is 14.4 Å². The van der Waals surface area contributed by atoms with Gasteiger partial charge in [0.15, 0.2) is 11.5 Å². The fourth-order valence-electron chi connectivity index (χ4n) is 0.978. The van der Waals surface area contributed by atoms with E-state index in [1.54, 1.807) is 0 Å². The van der Waals surface area contributed by atoms with Gasteiger partial charge in [0.2, 0.25) is 0 Å². The van der Waals surface area contributed by atoms with Gasteiger partial charge in [-0.2, -0.15) is 0 Å². The van der Waals surface area contributed by atoms with Crippen LogP contribution in [0.3, 0.4) is 0 Å². The number of aliphatic hydroxyl groups is 1. The number of carbonyl (C=O) groups is 1. The first-order valence-corrected chi connectivity index (χ1v) is 4.63. The Morgan fingerprint density at radius 2 is 2.40 bits per heavy atom. The van der Waals surface area contributed by atoms with Crippen LogP contribution in [0, 0.1) is 0 Å². The molecule has 0 radical (unpaired) electrons. The second-order valence-electron chi connectivity index (χ2n) is 3.40. The number of nitrogens with one attached hydrogen (secondary N) is 1. The summed E-state index contributed by atoms with van der Waals surface area (Å²) in [5.74, 6) is -0.00643. The maximum absolute atomic E-state index is 11.4. The Hall–Kier alpha value is -1.40. The molecule has 0 aromatic carbocycles. The predicted octanol–water partition coefficient (Wildman–Crippen LogP) is -0.542. The molecule has 0 spiro atoms. The van der Waals surface area contributed by atoms with Crippen LogP contribution >= 0.6 is 0 Å². The number of hydrogen-bond acceptors (Lipinski definition) is 5. The number of hydrogen-bond donors (Lipinski definition) is 2. The van der Waals surface area contributed by atoms with E-state index in [1.165, 1.54) is 6.07 Å². The van der Waals surface area contributed by atoms with Crippen LogP contribution in [-0.4, -0.2) is 48.3 Å². The van der Waals surface area contributed by atoms with Gasteiger partial charge in [0.05, 0.1) is 0 Å². The average molecular weight is 213 g/mol. The summed E-state index contributed by atoms with van der Waals surface area (Å²) in [7, 11) is 3.85. The van der Waals surface area contributed by atoms with E-state index < -0.39 is 0 Å². The largest absolute Gasteiger partial charge is 0.388 e. The first-order chi connectivity index (χ1) is 7.13. The minimum atomic E-state index is -0.291. The molecule has 15 heavy (non-hydrogen) atoms. The molecule has 1 heterocycles. The number of likely N-dealkylation sites (N-methyl/N-ethyl adjacent to an activating group) is 1. The van der Waals surface area contributed by atoms with Gasteiger partial charge in [0.1, 0.15) is 6.61 Å². The smallest absolute Gasteiger partial charge is 0.273 e. The molecule has 0 aliphatic carbocycles. The lowest BCUT2D eigenvalue weighted by atomic mass is 10.3. The molecule has 0 fully saturated rings. The minimum absolute atomic E-state index is 0.192. The second-order valence-corrected chi connectivity index (χ2v) is 3.40. The quantitative estimate of drug-likeness (QED) is 0.686. The number of aromatic nitrogens is 1. The van der Waals surface area contributed by atoms with Crippen LogP contribution in [0.5, 0.6) is 0 Å². The lowest BCUT2D eigenvalue weighted by Gasteiger charge is -2.08. The Bertz CT molecular complexity index is 322. The summed E-state index contributed by atoms with van der Waals surface area (Å²) in [6, 6.07) is 1.42. The Balaban J connectivity index is 2.40. The topological polar surface area (TPSA) is 78.6 Å². The van der Waals surface area contributed by atoms with E-state index >= 15 is 0 Å². The van der Waals surface area contributed by atoms with Gasteiger partial charge in [-0.1, -0.05) is 5.16 Å². The molecule has 0 unspecified atom stereocenters. The predicted molar refractivity (Wildman–Crippen MR) is 53.3 cm³/mol. The fourth-order valence-corrected chi connectivity index (χ4v) is 0.978. The van der Waals surface area contributed by atoms with Gasteiger partial charge < -0.3 is 19.8 Å². The molecule has 6 nitrogen and oxygen atoms in total. The molecule has 6 heteroatoms. The van der Waals surface area contributed by atoms with Crippen molar-refractivity contribution in [1.82, 2.24) is 15.4 Å². The number of rotatable bonds is 5. The van der Waals surface area contributed by atoms with Crippen molar-refractivity contribution in [2.45, 2.75) is 6.61 Å². The third kappa shape index (κ3) is 3.69. The maximum atomic E-state index is 11.4. The molecule has 1 aromatic heterocycles. The zero-order valence-corrected chi connectivity index (χ0v) is 8.86. The summed E-state index contributed by atoms with van der Waals surface area (Å²) >= 11 is 0. The van der Waals surface area contributed by atoms with Crippen molar-refractivity contribution in [2.75, 3.05) is 27.2 Å². The maximum Gasteiger partial charge on any atom is 0.273 e. The molecule has 0 aliphatic rings. The van der Waals surface area contributed by atoms with Gasteiger partial charge in [-0.15, -0.1) is 0 Å². The summed E-state index contributed by atoms with van der Waals surface area (Å²) in [4.78, 5) is 13.4. The Kier molecular flexibility index (Phi) is 4.26. The first-order valence-electron chi connectivity index (χ1n) is 4.63. The summed E-state index contributed by atoms with van der Waals surface area (Å²) < 4.78 is 4.69. The van der Waals surface area contributed by atoms with Crippen LogP contribution < -0.4 is 5.32 Å². The standard InChI is InChI=1S/C9H15N3O3/c1-12(2)4-3-10-9(14)8-5-7(6-13)15-11-8/h5,13H,3-4,6H2,1-2H3,(H,10,14). The summed E-state index contributed by atoms with van der Waals surface area (Å²) in [6.45, 7) is 1.06. The molecule has 0 saturated heterocycles. The number of aliphatic hydroxyl groups excluding tert-OH is 1. The Labute approximate surface area is 87.9 Å². The molecule has 1 amide bonds. The zero-order chi connectivity index (χ0) is 11.3. The van der Waals surface area contributed by atoms with Crippen LogP contribution in [0.25, 0.3) is 0 Å². The summed E-state index contributed by atoms with van der Waals surface area (Å²) in [5.41, 5.74) is 0.192. The number of amides is 1. The molecule has 1 aromatic rings. The third-order valence-corrected chi connectivity index (χ3v) is 1.79. The molecule has 2 N–H and O–H groups in total. The minimum Gasteiger partial charge on any atom is -0.388 e. The highest BCUT2D eigenvalue weighted by Gasteiger charge is 2.11. The fraction of sp³-hybridized carbons (Fsp3) is 0.556. The zero-order valence-electron chi connectivity index (χ0n) is 8.86. The molecular weight excluding hydrogens is 198 g/mol. The van der Waals surface area contributed by atoms with Gasteiger partial charge in [-0.05, 0) is 14.1 Å². The summed E-state index contributed by atoms with van der Waals surface area (Å²) in [6.07, 6.45) is 0. The van der Waals surface area contributed by atoms with E-state index in [-0.39, 0.29) is 24.0 Å². The van der Waals surface area contributed by atoms with Crippen molar-refractivity contribution in [3.05, 3.63) is 17.5 Å². The van der Waals surface area contributed by atoms with Crippen LogP contribution in [0.1, 0.15) is 16.2 Å². The van der Waals surface area contributed by atoms with Crippen molar-refractivity contribution in [2.24, 2.45) is 0 Å². The van der Waals surface area contributed by atoms with Gasteiger partial charge in [0.25, 0.3) is 5.91 Å². The van der Waals surface area contributed by atoms with Crippen molar-refractivity contribution in [1.29, 1.82) is 0 Å². The highest BCUT2D eigenvalue weighted by Crippen LogP contribution is 2.02. The van der Waals surface area contributed by atoms with E-state index in [0.29, 0.717) is 6.54 Å². The first kappa shape index (κ1) is 11.7. The molecule has 84 valence electrons. The highest BCUT2D eigenvalue weighted by atomic mass is 16.5. The normalized spacial score (nSPS) is 10.7. The van der Waals surface area contributed by atoms with Crippen molar-refractivity contribution in [3.8, 4) is 0 Å². The number of nitrogens with zero attached hydrogens (tertiary/aromatic N) is 2. The van der Waals surface area contributed by atoms with Crippen molar-refractivity contribution >= 4 is 5.91 Å². The van der Waals surface area contributed by atoms with E-state index in [1.807, 2.05) is 19.0 Å². The molecule has 0 saturated carbocycles. The average Bonchev–Trinajstić information content (AvgIpc) is 2.65.